The van der Waals surface area contributed by atoms with Crippen molar-refractivity contribution in [2.24, 2.45) is 0 Å². The van der Waals surface area contributed by atoms with Crippen LogP contribution in [-0.2, 0) is 4.79 Å². The Morgan fingerprint density at radius 2 is 1.45 bits per heavy atom. The Hall–Kier alpha value is -1.15. The van der Waals surface area contributed by atoms with Crippen LogP contribution >= 0.6 is 0 Å². The van der Waals surface area contributed by atoms with Gasteiger partial charge in [-0.15, -0.1) is 0 Å². The molecule has 1 aromatic carbocycles. The first-order valence-corrected chi connectivity index (χ1v) is 3.15. The van der Waals surface area contributed by atoms with Crippen LogP contribution in [0.15, 0.2) is 30.3 Å². The summed E-state index contributed by atoms with van der Waals surface area (Å²) in [5.74, 6) is 0. The second kappa shape index (κ2) is 11.6. The minimum atomic E-state index is 1.00. The van der Waals surface area contributed by atoms with Crippen molar-refractivity contribution >= 4 is 6.79 Å². The molecule has 1 rings (SSSR count). The second-order valence-electron chi connectivity index (χ2n) is 1.65. The van der Waals surface area contributed by atoms with E-state index < -0.39 is 0 Å². The van der Waals surface area contributed by atoms with Crippen LogP contribution in [0.1, 0.15) is 5.56 Å². The zero-order valence-corrected chi connectivity index (χ0v) is 6.95. The van der Waals surface area contributed by atoms with Gasteiger partial charge in [0.05, 0.1) is 0 Å². The summed E-state index contributed by atoms with van der Waals surface area (Å²) < 4.78 is 0. The summed E-state index contributed by atoms with van der Waals surface area (Å²) in [6.45, 7) is 4.08. The number of hydrogen-bond acceptors (Lipinski definition) is 2. The number of benzene rings is 1. The molecule has 11 heavy (non-hydrogen) atoms. The highest BCUT2D eigenvalue weighted by Gasteiger charge is 1.72. The molecule has 0 aromatic heterocycles. The molecular weight excluding hydrogens is 140 g/mol. The van der Waals surface area contributed by atoms with Crippen LogP contribution in [0.3, 0.4) is 0 Å². The zero-order chi connectivity index (χ0) is 9.11. The van der Waals surface area contributed by atoms with E-state index in [-0.39, 0.29) is 0 Å². The van der Waals surface area contributed by atoms with Gasteiger partial charge in [-0.25, -0.2) is 0 Å². The Bertz CT molecular complexity index is 149. The molecule has 0 bridgehead atoms. The third kappa shape index (κ3) is 8.85. The molecule has 1 aromatic rings. The highest BCUT2D eigenvalue weighted by atomic mass is 16.2. The number of aliphatic hydroxyl groups excluding tert-OH is 1. The minimum absolute atomic E-state index is 1.00. The molecule has 0 heterocycles. The minimum Gasteiger partial charge on any atom is -0.400 e. The molecule has 0 amide bonds. The van der Waals surface area contributed by atoms with Gasteiger partial charge in [0, 0.05) is 7.11 Å². The molecule has 0 unspecified atom stereocenters. The van der Waals surface area contributed by atoms with Crippen molar-refractivity contribution < 1.29 is 9.90 Å². The number of hydrogen-bond donors (Lipinski definition) is 1. The first kappa shape index (κ1) is 12.5. The van der Waals surface area contributed by atoms with Gasteiger partial charge in [0.15, 0.2) is 0 Å². The Morgan fingerprint density at radius 3 is 1.64 bits per heavy atom. The molecule has 62 valence electrons. The predicted octanol–water partition coefficient (Wildman–Crippen LogP) is 1.42. The van der Waals surface area contributed by atoms with Crippen LogP contribution in [0.2, 0.25) is 0 Å². The number of aryl methyl sites for hydroxylation is 1. The molecule has 0 aliphatic rings. The van der Waals surface area contributed by atoms with Crippen LogP contribution in [0.5, 0.6) is 0 Å². The fourth-order valence-electron chi connectivity index (χ4n) is 0.534. The Labute approximate surface area is 67.5 Å². The maximum absolute atomic E-state index is 8.00. The Balaban J connectivity index is 0. The molecule has 2 heteroatoms. The molecule has 0 atom stereocenters. The van der Waals surface area contributed by atoms with Crippen molar-refractivity contribution in [3.63, 3.8) is 0 Å². The maximum Gasteiger partial charge on any atom is 0.106 e. The van der Waals surface area contributed by atoms with E-state index in [1.54, 1.807) is 0 Å². The molecule has 0 radical (unpaired) electrons. The van der Waals surface area contributed by atoms with Gasteiger partial charge >= 0.3 is 0 Å². The fourth-order valence-corrected chi connectivity index (χ4v) is 0.534. The summed E-state index contributed by atoms with van der Waals surface area (Å²) in [5.41, 5.74) is 1.32. The van der Waals surface area contributed by atoms with Gasteiger partial charge in [0.1, 0.15) is 6.79 Å². The van der Waals surface area contributed by atoms with Crippen molar-refractivity contribution in [3.8, 4) is 0 Å². The predicted molar refractivity (Wildman–Crippen MR) is 46.4 cm³/mol. The molecule has 0 spiro atoms. The van der Waals surface area contributed by atoms with Gasteiger partial charge in [-0.05, 0) is 6.92 Å². The van der Waals surface area contributed by atoms with E-state index in [2.05, 4.69) is 19.1 Å². The first-order chi connectivity index (χ1) is 5.39. The SMILES string of the molecule is C=O.CO.Cc1ccccc1. The summed E-state index contributed by atoms with van der Waals surface area (Å²) in [7, 11) is 1.00. The standard InChI is InChI=1S/C7H8.CH4O.CH2O/c1-7-5-3-2-4-6-7;2*1-2/h2-6H,1H3;2H,1H3;1H2. The van der Waals surface area contributed by atoms with Gasteiger partial charge in [-0.1, -0.05) is 35.9 Å². The van der Waals surface area contributed by atoms with Crippen LogP contribution < -0.4 is 0 Å². The molecule has 0 aliphatic heterocycles. The summed E-state index contributed by atoms with van der Waals surface area (Å²) in [4.78, 5) is 8.00. The lowest BCUT2D eigenvalue weighted by molar-refractivity contribution is -0.0979. The largest absolute Gasteiger partial charge is 0.400 e. The second-order valence-corrected chi connectivity index (χ2v) is 1.65. The lowest BCUT2D eigenvalue weighted by Crippen LogP contribution is -1.62. The molecule has 0 saturated heterocycles. The summed E-state index contributed by atoms with van der Waals surface area (Å²) in [6, 6.07) is 10.3. The quantitative estimate of drug-likeness (QED) is 0.613. The number of aliphatic hydroxyl groups is 1. The monoisotopic (exact) mass is 154 g/mol. The topological polar surface area (TPSA) is 37.3 Å². The van der Waals surface area contributed by atoms with Gasteiger partial charge in [-0.2, -0.15) is 0 Å². The van der Waals surface area contributed by atoms with E-state index in [9.17, 15) is 0 Å². The van der Waals surface area contributed by atoms with Gasteiger partial charge in [0.2, 0.25) is 0 Å². The van der Waals surface area contributed by atoms with E-state index >= 15 is 0 Å². The molecular formula is C9H14O2. The molecule has 1 N–H and O–H groups in total. The van der Waals surface area contributed by atoms with E-state index in [4.69, 9.17) is 9.90 Å². The van der Waals surface area contributed by atoms with E-state index in [0.717, 1.165) is 7.11 Å². The Kier molecular flexibility index (Phi) is 13.2. The third-order valence-corrected chi connectivity index (χ3v) is 0.940. The molecule has 0 aliphatic carbocycles. The maximum atomic E-state index is 8.00. The number of carbonyl (C=O) groups is 1. The van der Waals surface area contributed by atoms with Gasteiger partial charge in [-0.3, -0.25) is 0 Å². The summed E-state index contributed by atoms with van der Waals surface area (Å²) >= 11 is 0. The van der Waals surface area contributed by atoms with E-state index in [1.807, 2.05) is 25.0 Å². The highest BCUT2D eigenvalue weighted by Crippen LogP contribution is 1.92. The van der Waals surface area contributed by atoms with Crippen molar-refractivity contribution in [2.75, 3.05) is 7.11 Å². The number of rotatable bonds is 0. The van der Waals surface area contributed by atoms with Crippen LogP contribution in [0.4, 0.5) is 0 Å². The van der Waals surface area contributed by atoms with Crippen LogP contribution in [0.25, 0.3) is 0 Å². The van der Waals surface area contributed by atoms with E-state index in [1.165, 1.54) is 5.56 Å². The Morgan fingerprint density at radius 1 is 1.09 bits per heavy atom. The van der Waals surface area contributed by atoms with E-state index in [0.29, 0.717) is 0 Å². The lowest BCUT2D eigenvalue weighted by Gasteiger charge is -1.82. The first-order valence-electron chi connectivity index (χ1n) is 3.15. The fraction of sp³-hybridized carbons (Fsp3) is 0.222. The van der Waals surface area contributed by atoms with Crippen LogP contribution in [-0.4, -0.2) is 19.0 Å². The summed E-state index contributed by atoms with van der Waals surface area (Å²) in [6.07, 6.45) is 0. The normalized spacial score (nSPS) is 6.45. The summed E-state index contributed by atoms with van der Waals surface area (Å²) in [5, 5.41) is 7.00. The molecule has 2 nitrogen and oxygen atoms in total. The van der Waals surface area contributed by atoms with Crippen molar-refractivity contribution in [1.29, 1.82) is 0 Å². The zero-order valence-electron chi connectivity index (χ0n) is 6.95. The molecule has 0 saturated carbocycles. The molecule has 0 fully saturated rings. The smallest absolute Gasteiger partial charge is 0.106 e. The number of carbonyl (C=O) groups excluding carboxylic acids is 1. The average molecular weight is 154 g/mol. The van der Waals surface area contributed by atoms with Crippen molar-refractivity contribution in [2.45, 2.75) is 6.92 Å². The highest BCUT2D eigenvalue weighted by molar-refractivity contribution is 5.11. The average Bonchev–Trinajstić information content (AvgIpc) is 2.13. The van der Waals surface area contributed by atoms with Crippen LogP contribution in [0, 0.1) is 6.92 Å². The van der Waals surface area contributed by atoms with Gasteiger partial charge in [0.25, 0.3) is 0 Å². The van der Waals surface area contributed by atoms with Gasteiger partial charge < -0.3 is 9.90 Å². The lowest BCUT2D eigenvalue weighted by atomic mass is 10.2. The third-order valence-electron chi connectivity index (χ3n) is 0.940. The van der Waals surface area contributed by atoms with Crippen molar-refractivity contribution in [3.05, 3.63) is 35.9 Å². The van der Waals surface area contributed by atoms with Crippen molar-refractivity contribution in [1.82, 2.24) is 0 Å².